The molecule has 0 aromatic carbocycles. The Balaban J connectivity index is 2.70. The first-order valence-electron chi connectivity index (χ1n) is 6.84. The molecule has 0 unspecified atom stereocenters. The second-order valence-electron chi connectivity index (χ2n) is 5.01. The lowest BCUT2D eigenvalue weighted by Gasteiger charge is -2.13. The van der Waals surface area contributed by atoms with Crippen LogP contribution < -0.4 is 5.14 Å². The van der Waals surface area contributed by atoms with Crippen LogP contribution in [0, 0.1) is 0 Å². The molecule has 0 aliphatic rings. The molecule has 8 nitrogen and oxygen atoms in total. The normalized spacial score (nSPS) is 12.3. The van der Waals surface area contributed by atoms with Crippen LogP contribution in [-0.4, -0.2) is 33.0 Å². The standard InChI is InChI=1S/C12H20N6O2S/c1-5-9-7-10(17(6-2)16-9)11-14-15-12(21(13,19)20)18(11)8(3)4/h7-8H,5-6H2,1-4H3,(H2,13,19,20). The van der Waals surface area contributed by atoms with Gasteiger partial charge in [-0.1, -0.05) is 6.92 Å². The van der Waals surface area contributed by atoms with Crippen molar-refractivity contribution >= 4 is 10.0 Å². The highest BCUT2D eigenvalue weighted by Gasteiger charge is 2.25. The van der Waals surface area contributed by atoms with Crippen LogP contribution in [0.5, 0.6) is 0 Å². The number of nitrogens with two attached hydrogens (primary N) is 1. The van der Waals surface area contributed by atoms with Crippen molar-refractivity contribution < 1.29 is 8.42 Å². The summed E-state index contributed by atoms with van der Waals surface area (Å²) in [5.74, 6) is 0.461. The molecule has 0 saturated heterocycles. The van der Waals surface area contributed by atoms with Crippen LogP contribution in [0.15, 0.2) is 11.2 Å². The first kappa shape index (κ1) is 15.6. The van der Waals surface area contributed by atoms with Gasteiger partial charge in [0.1, 0.15) is 5.69 Å². The van der Waals surface area contributed by atoms with Crippen LogP contribution in [0.3, 0.4) is 0 Å². The minimum atomic E-state index is -3.92. The molecular formula is C12H20N6O2S. The molecule has 2 rings (SSSR count). The summed E-state index contributed by atoms with van der Waals surface area (Å²) in [6.07, 6.45) is 0.790. The van der Waals surface area contributed by atoms with Gasteiger partial charge >= 0.3 is 0 Å². The average Bonchev–Trinajstić information content (AvgIpc) is 3.00. The number of hydrogen-bond donors (Lipinski definition) is 1. The summed E-state index contributed by atoms with van der Waals surface area (Å²) in [6, 6.07) is 1.76. The first-order valence-corrected chi connectivity index (χ1v) is 8.39. The third-order valence-corrected chi connectivity index (χ3v) is 3.94. The Morgan fingerprint density at radius 1 is 1.29 bits per heavy atom. The molecule has 0 bridgehead atoms. The van der Waals surface area contributed by atoms with Crippen LogP contribution in [0.4, 0.5) is 0 Å². The van der Waals surface area contributed by atoms with E-state index in [1.165, 1.54) is 4.57 Å². The third kappa shape index (κ3) is 2.84. The van der Waals surface area contributed by atoms with Crippen molar-refractivity contribution in [2.45, 2.75) is 51.9 Å². The van der Waals surface area contributed by atoms with Crippen molar-refractivity contribution in [3.63, 3.8) is 0 Å². The maximum Gasteiger partial charge on any atom is 0.273 e. The largest absolute Gasteiger partial charge is 0.293 e. The monoisotopic (exact) mass is 312 g/mol. The lowest BCUT2D eigenvalue weighted by molar-refractivity contribution is 0.522. The summed E-state index contributed by atoms with van der Waals surface area (Å²) >= 11 is 0. The van der Waals surface area contributed by atoms with Gasteiger partial charge in [0.2, 0.25) is 0 Å². The molecule has 21 heavy (non-hydrogen) atoms. The number of hydrogen-bond acceptors (Lipinski definition) is 5. The number of aryl methyl sites for hydroxylation is 2. The number of rotatable bonds is 5. The summed E-state index contributed by atoms with van der Waals surface area (Å²) in [6.45, 7) is 8.34. The Morgan fingerprint density at radius 2 is 1.95 bits per heavy atom. The van der Waals surface area contributed by atoms with Gasteiger partial charge < -0.3 is 0 Å². The van der Waals surface area contributed by atoms with E-state index in [0.29, 0.717) is 12.4 Å². The van der Waals surface area contributed by atoms with Crippen molar-refractivity contribution in [1.29, 1.82) is 0 Å². The van der Waals surface area contributed by atoms with E-state index in [0.717, 1.165) is 17.8 Å². The van der Waals surface area contributed by atoms with Crippen LogP contribution >= 0.6 is 0 Å². The van der Waals surface area contributed by atoms with E-state index < -0.39 is 10.0 Å². The molecule has 0 fully saturated rings. The molecule has 2 heterocycles. The molecule has 2 aromatic heterocycles. The number of aromatic nitrogens is 5. The van der Waals surface area contributed by atoms with Crippen LogP contribution in [0.1, 0.15) is 39.4 Å². The predicted octanol–water partition coefficient (Wildman–Crippen LogP) is 0.952. The van der Waals surface area contributed by atoms with Crippen molar-refractivity contribution in [3.8, 4) is 11.5 Å². The summed E-state index contributed by atoms with van der Waals surface area (Å²) in [5, 5.41) is 17.2. The highest BCUT2D eigenvalue weighted by atomic mass is 32.2. The summed E-state index contributed by atoms with van der Waals surface area (Å²) in [5.41, 5.74) is 1.66. The maximum absolute atomic E-state index is 11.7. The Morgan fingerprint density at radius 3 is 2.43 bits per heavy atom. The Labute approximate surface area is 124 Å². The molecule has 0 aliphatic heterocycles. The Hall–Kier alpha value is -1.74. The molecule has 2 N–H and O–H groups in total. The fourth-order valence-electron chi connectivity index (χ4n) is 2.18. The number of sulfonamides is 1. The van der Waals surface area contributed by atoms with Crippen molar-refractivity contribution in [2.75, 3.05) is 0 Å². The molecule has 0 spiro atoms. The van der Waals surface area contributed by atoms with Crippen LogP contribution in [0.2, 0.25) is 0 Å². The zero-order valence-electron chi connectivity index (χ0n) is 12.6. The van der Waals surface area contributed by atoms with Crippen molar-refractivity contribution in [3.05, 3.63) is 11.8 Å². The van der Waals surface area contributed by atoms with Gasteiger partial charge in [0.25, 0.3) is 15.2 Å². The van der Waals surface area contributed by atoms with Gasteiger partial charge in [-0.2, -0.15) is 5.10 Å². The summed E-state index contributed by atoms with van der Waals surface area (Å²) in [4.78, 5) is 0. The lowest BCUT2D eigenvalue weighted by atomic mass is 10.3. The number of primary sulfonamides is 1. The van der Waals surface area contributed by atoms with Crippen LogP contribution in [0.25, 0.3) is 11.5 Å². The van der Waals surface area contributed by atoms with Crippen molar-refractivity contribution in [2.24, 2.45) is 5.14 Å². The second-order valence-corrected chi connectivity index (χ2v) is 6.46. The van der Waals surface area contributed by atoms with E-state index >= 15 is 0 Å². The molecule has 0 saturated carbocycles. The Kier molecular flexibility index (Phi) is 4.15. The lowest BCUT2D eigenvalue weighted by Crippen LogP contribution is -2.20. The van der Waals surface area contributed by atoms with E-state index in [1.54, 1.807) is 4.68 Å². The zero-order chi connectivity index (χ0) is 15.8. The molecule has 0 amide bonds. The SMILES string of the molecule is CCc1cc(-c2nnc(S(N)(=O)=O)n2C(C)C)n(CC)n1. The molecular weight excluding hydrogens is 292 g/mol. The highest BCUT2D eigenvalue weighted by molar-refractivity contribution is 7.89. The van der Waals surface area contributed by atoms with Gasteiger partial charge in [-0.3, -0.25) is 9.25 Å². The maximum atomic E-state index is 11.7. The molecule has 9 heteroatoms. The van der Waals surface area contributed by atoms with Crippen molar-refractivity contribution in [1.82, 2.24) is 24.5 Å². The van der Waals surface area contributed by atoms with Gasteiger partial charge in [-0.25, -0.2) is 13.6 Å². The molecule has 0 aliphatic carbocycles. The quantitative estimate of drug-likeness (QED) is 0.884. The minimum Gasteiger partial charge on any atom is -0.293 e. The second kappa shape index (κ2) is 5.57. The van der Waals surface area contributed by atoms with E-state index in [1.807, 2.05) is 33.8 Å². The average molecular weight is 312 g/mol. The van der Waals surface area contributed by atoms with E-state index in [2.05, 4.69) is 15.3 Å². The fourth-order valence-corrected chi connectivity index (χ4v) is 2.90. The molecule has 0 radical (unpaired) electrons. The predicted molar refractivity (Wildman–Crippen MR) is 78.1 cm³/mol. The van der Waals surface area contributed by atoms with E-state index in [4.69, 9.17) is 5.14 Å². The number of nitrogens with zero attached hydrogens (tertiary/aromatic N) is 5. The highest BCUT2D eigenvalue weighted by Crippen LogP contribution is 2.25. The first-order chi connectivity index (χ1) is 9.79. The fraction of sp³-hybridized carbons (Fsp3) is 0.583. The molecule has 2 aromatic rings. The van der Waals surface area contributed by atoms with Gasteiger partial charge in [0, 0.05) is 12.6 Å². The summed E-state index contributed by atoms with van der Waals surface area (Å²) < 4.78 is 26.6. The van der Waals surface area contributed by atoms with E-state index in [9.17, 15) is 8.42 Å². The molecule has 0 atom stereocenters. The zero-order valence-corrected chi connectivity index (χ0v) is 13.4. The third-order valence-electron chi connectivity index (χ3n) is 3.16. The van der Waals surface area contributed by atoms with Gasteiger partial charge in [-0.15, -0.1) is 10.2 Å². The topological polar surface area (TPSA) is 109 Å². The van der Waals surface area contributed by atoms with Gasteiger partial charge in [0.15, 0.2) is 5.82 Å². The van der Waals surface area contributed by atoms with Gasteiger partial charge in [0.05, 0.1) is 5.69 Å². The minimum absolute atomic E-state index is 0.145. The summed E-state index contributed by atoms with van der Waals surface area (Å²) in [7, 11) is -3.92. The van der Waals surface area contributed by atoms with E-state index in [-0.39, 0.29) is 11.2 Å². The van der Waals surface area contributed by atoms with Gasteiger partial charge in [-0.05, 0) is 33.3 Å². The molecule has 116 valence electrons. The van der Waals surface area contributed by atoms with Crippen LogP contribution in [-0.2, 0) is 23.0 Å². The Bertz CT molecular complexity index is 744. The smallest absolute Gasteiger partial charge is 0.273 e.